The molecule has 23 heavy (non-hydrogen) atoms. The lowest BCUT2D eigenvalue weighted by Crippen LogP contribution is -2.20. The van der Waals surface area contributed by atoms with Crippen LogP contribution in [-0.4, -0.2) is 28.7 Å². The van der Waals surface area contributed by atoms with Gasteiger partial charge >= 0.3 is 0 Å². The van der Waals surface area contributed by atoms with Gasteiger partial charge in [-0.2, -0.15) is 10.4 Å². The second-order valence-electron chi connectivity index (χ2n) is 4.99. The molecule has 0 saturated heterocycles. The van der Waals surface area contributed by atoms with Crippen molar-refractivity contribution in [1.82, 2.24) is 10.2 Å². The third-order valence-electron chi connectivity index (χ3n) is 3.45. The summed E-state index contributed by atoms with van der Waals surface area (Å²) in [5.41, 5.74) is 6.56. The standard InChI is InChI=1S/C14H15FN6O2/c1-20(12-5-4-9(15)7-13(12)21(22)23)6-2-3-11-10(8-16)14(17)19-18-11/h4-5,7H,2-3,6H2,1H3,(H3,17,18,19). The molecular formula is C14H15FN6O2. The molecule has 0 unspecified atom stereocenters. The van der Waals surface area contributed by atoms with E-state index in [2.05, 4.69) is 10.2 Å². The Balaban J connectivity index is 2.04. The fraction of sp³-hybridized carbons (Fsp3) is 0.286. The Morgan fingerprint density at radius 3 is 2.96 bits per heavy atom. The van der Waals surface area contributed by atoms with Crippen LogP contribution in [0.5, 0.6) is 0 Å². The monoisotopic (exact) mass is 318 g/mol. The molecule has 8 nitrogen and oxygen atoms in total. The predicted molar refractivity (Wildman–Crippen MR) is 82.4 cm³/mol. The van der Waals surface area contributed by atoms with Gasteiger partial charge in [-0.15, -0.1) is 0 Å². The first-order valence-corrected chi connectivity index (χ1v) is 6.82. The summed E-state index contributed by atoms with van der Waals surface area (Å²) in [7, 11) is 1.69. The summed E-state index contributed by atoms with van der Waals surface area (Å²) in [5.74, 6) is -0.495. The predicted octanol–water partition coefficient (Wildman–Crippen LogP) is 1.98. The maximum Gasteiger partial charge on any atom is 0.295 e. The number of H-pyrrole nitrogens is 1. The third-order valence-corrected chi connectivity index (χ3v) is 3.45. The highest BCUT2D eigenvalue weighted by molar-refractivity contribution is 5.62. The van der Waals surface area contributed by atoms with Crippen molar-refractivity contribution in [3.05, 3.63) is 45.4 Å². The summed E-state index contributed by atoms with van der Waals surface area (Å²) in [6, 6.07) is 5.44. The molecule has 0 bridgehead atoms. The lowest BCUT2D eigenvalue weighted by Gasteiger charge is -2.18. The van der Waals surface area contributed by atoms with Crippen molar-refractivity contribution in [3.63, 3.8) is 0 Å². The highest BCUT2D eigenvalue weighted by Gasteiger charge is 2.18. The van der Waals surface area contributed by atoms with Crippen molar-refractivity contribution in [2.75, 3.05) is 24.2 Å². The number of aryl methyl sites for hydroxylation is 1. The van der Waals surface area contributed by atoms with Gasteiger partial charge in [-0.25, -0.2) is 4.39 Å². The summed E-state index contributed by atoms with van der Waals surface area (Å²) in [6.45, 7) is 0.482. The van der Waals surface area contributed by atoms with Gasteiger partial charge in [-0.3, -0.25) is 15.2 Å². The van der Waals surface area contributed by atoms with Crippen molar-refractivity contribution in [2.45, 2.75) is 12.8 Å². The number of nitro groups is 1. The van der Waals surface area contributed by atoms with Crippen LogP contribution in [0.3, 0.4) is 0 Å². The SMILES string of the molecule is CN(CCCc1[nH]nc(N)c1C#N)c1ccc(F)cc1[N+](=O)[O-]. The van der Waals surface area contributed by atoms with Gasteiger partial charge in [0.2, 0.25) is 0 Å². The first-order valence-electron chi connectivity index (χ1n) is 6.82. The number of nitrogen functional groups attached to an aromatic ring is 1. The zero-order valence-electron chi connectivity index (χ0n) is 12.4. The zero-order valence-corrected chi connectivity index (χ0v) is 12.4. The fourth-order valence-electron chi connectivity index (χ4n) is 2.28. The van der Waals surface area contributed by atoms with E-state index in [0.717, 1.165) is 6.07 Å². The fourth-order valence-corrected chi connectivity index (χ4v) is 2.28. The number of nitriles is 1. The summed E-state index contributed by atoms with van der Waals surface area (Å²) >= 11 is 0. The molecule has 3 N–H and O–H groups in total. The van der Waals surface area contributed by atoms with E-state index in [4.69, 9.17) is 11.0 Å². The van der Waals surface area contributed by atoms with Crippen LogP contribution in [0.2, 0.25) is 0 Å². The molecule has 9 heteroatoms. The number of nitro benzene ring substituents is 1. The number of aromatic amines is 1. The lowest BCUT2D eigenvalue weighted by atomic mass is 10.1. The largest absolute Gasteiger partial charge is 0.381 e. The summed E-state index contributed by atoms with van der Waals surface area (Å²) < 4.78 is 13.2. The Labute approximate surface area is 131 Å². The van der Waals surface area contributed by atoms with Gasteiger partial charge in [0.25, 0.3) is 5.69 Å². The molecule has 0 aliphatic rings. The molecule has 0 amide bonds. The summed E-state index contributed by atoms with van der Waals surface area (Å²) in [5, 5.41) is 26.5. The van der Waals surface area contributed by atoms with Gasteiger partial charge in [0.1, 0.15) is 23.1 Å². The van der Waals surface area contributed by atoms with E-state index in [1.807, 2.05) is 6.07 Å². The minimum atomic E-state index is -0.652. The molecule has 2 rings (SSSR count). The molecule has 0 aliphatic heterocycles. The van der Waals surface area contributed by atoms with E-state index >= 15 is 0 Å². The van der Waals surface area contributed by atoms with Crippen molar-refractivity contribution in [1.29, 1.82) is 5.26 Å². The molecule has 0 fully saturated rings. The topological polar surface area (TPSA) is 125 Å². The van der Waals surface area contributed by atoms with Gasteiger partial charge in [0.15, 0.2) is 5.82 Å². The smallest absolute Gasteiger partial charge is 0.295 e. The lowest BCUT2D eigenvalue weighted by molar-refractivity contribution is -0.384. The molecule has 0 atom stereocenters. The minimum Gasteiger partial charge on any atom is -0.381 e. The van der Waals surface area contributed by atoms with Crippen molar-refractivity contribution in [2.24, 2.45) is 0 Å². The Morgan fingerprint density at radius 1 is 1.57 bits per heavy atom. The molecule has 0 radical (unpaired) electrons. The number of rotatable bonds is 6. The van der Waals surface area contributed by atoms with Gasteiger partial charge in [-0.05, 0) is 25.0 Å². The van der Waals surface area contributed by atoms with Crippen LogP contribution in [0.15, 0.2) is 18.2 Å². The number of hydrogen-bond acceptors (Lipinski definition) is 6. The van der Waals surface area contributed by atoms with Crippen molar-refractivity contribution >= 4 is 17.2 Å². The maximum atomic E-state index is 13.2. The van der Waals surface area contributed by atoms with E-state index in [9.17, 15) is 14.5 Å². The number of nitrogens with two attached hydrogens (primary N) is 1. The Kier molecular flexibility index (Phi) is 4.75. The Hall–Kier alpha value is -3.15. The number of hydrogen-bond donors (Lipinski definition) is 2. The molecule has 2 aromatic rings. The van der Waals surface area contributed by atoms with Gasteiger partial charge in [0, 0.05) is 13.6 Å². The van der Waals surface area contributed by atoms with Crippen LogP contribution in [0.4, 0.5) is 21.6 Å². The minimum absolute atomic E-state index is 0.157. The first kappa shape index (κ1) is 16.2. The van der Waals surface area contributed by atoms with E-state index in [1.165, 1.54) is 12.1 Å². The van der Waals surface area contributed by atoms with Crippen LogP contribution in [0.25, 0.3) is 0 Å². The van der Waals surface area contributed by atoms with E-state index in [0.29, 0.717) is 36.3 Å². The highest BCUT2D eigenvalue weighted by Crippen LogP contribution is 2.28. The second-order valence-corrected chi connectivity index (χ2v) is 4.99. The number of nitrogens with zero attached hydrogens (tertiary/aromatic N) is 4. The number of halogens is 1. The average molecular weight is 318 g/mol. The van der Waals surface area contributed by atoms with Crippen molar-refractivity contribution < 1.29 is 9.31 Å². The molecule has 120 valence electrons. The third kappa shape index (κ3) is 3.55. The molecule has 1 aromatic carbocycles. The first-order chi connectivity index (χ1) is 10.9. The normalized spacial score (nSPS) is 10.3. The number of anilines is 2. The molecular weight excluding hydrogens is 303 g/mol. The zero-order chi connectivity index (χ0) is 17.0. The Bertz CT molecular complexity index is 767. The molecule has 1 heterocycles. The van der Waals surface area contributed by atoms with Crippen LogP contribution in [0.1, 0.15) is 17.7 Å². The van der Waals surface area contributed by atoms with Crippen LogP contribution >= 0.6 is 0 Å². The summed E-state index contributed by atoms with van der Waals surface area (Å²) in [6.07, 6.45) is 1.13. The average Bonchev–Trinajstić information content (AvgIpc) is 2.87. The summed E-state index contributed by atoms with van der Waals surface area (Å²) in [4.78, 5) is 12.1. The molecule has 0 spiro atoms. The second kappa shape index (κ2) is 6.74. The van der Waals surface area contributed by atoms with E-state index < -0.39 is 10.7 Å². The number of benzene rings is 1. The van der Waals surface area contributed by atoms with Gasteiger partial charge in [0.05, 0.1) is 16.7 Å². The molecule has 0 saturated carbocycles. The van der Waals surface area contributed by atoms with Crippen molar-refractivity contribution in [3.8, 4) is 6.07 Å². The molecule has 1 aromatic heterocycles. The van der Waals surface area contributed by atoms with Crippen LogP contribution < -0.4 is 10.6 Å². The number of aromatic nitrogens is 2. The highest BCUT2D eigenvalue weighted by atomic mass is 19.1. The van der Waals surface area contributed by atoms with E-state index in [1.54, 1.807) is 11.9 Å². The van der Waals surface area contributed by atoms with Crippen LogP contribution in [-0.2, 0) is 6.42 Å². The molecule has 0 aliphatic carbocycles. The number of nitrogens with one attached hydrogen (secondary N) is 1. The Morgan fingerprint density at radius 2 is 2.30 bits per heavy atom. The van der Waals surface area contributed by atoms with Crippen LogP contribution in [0, 0.1) is 27.3 Å². The maximum absolute atomic E-state index is 13.2. The quantitative estimate of drug-likeness (QED) is 0.619. The van der Waals surface area contributed by atoms with E-state index in [-0.39, 0.29) is 11.5 Å². The van der Waals surface area contributed by atoms with Gasteiger partial charge < -0.3 is 10.6 Å². The van der Waals surface area contributed by atoms with Gasteiger partial charge in [-0.1, -0.05) is 0 Å².